The molecule has 7 heteroatoms. The number of nitrogens with two attached hydrogens (primary N) is 1. The number of likely N-dealkylation sites (N-methyl/N-ethyl adjacent to an activating group) is 1. The van der Waals surface area contributed by atoms with E-state index in [1.165, 1.54) is 0 Å². The van der Waals surface area contributed by atoms with Gasteiger partial charge in [-0.15, -0.1) is 10.2 Å². The van der Waals surface area contributed by atoms with Crippen LogP contribution in [0.1, 0.15) is 30.9 Å². The molecule has 0 saturated carbocycles. The molecule has 110 valence electrons. The summed E-state index contributed by atoms with van der Waals surface area (Å²) in [6.07, 6.45) is 3.38. The Morgan fingerprint density at radius 1 is 1.50 bits per heavy atom. The summed E-state index contributed by atoms with van der Waals surface area (Å²) in [7, 11) is 1.79. The second-order valence-electron chi connectivity index (χ2n) is 5.54. The SMILES string of the molecule is CN(Cc1nnc2n1CCC2)C(=O)C1CCC(CN)O1. The number of rotatable bonds is 4. The Hall–Kier alpha value is -1.47. The van der Waals surface area contributed by atoms with E-state index in [-0.39, 0.29) is 18.1 Å². The zero-order valence-corrected chi connectivity index (χ0v) is 11.8. The highest BCUT2D eigenvalue weighted by molar-refractivity contribution is 5.80. The average Bonchev–Trinajstić information content (AvgIpc) is 3.15. The van der Waals surface area contributed by atoms with Gasteiger partial charge in [0, 0.05) is 26.6 Å². The summed E-state index contributed by atoms with van der Waals surface area (Å²) in [5, 5.41) is 8.34. The van der Waals surface area contributed by atoms with Crippen LogP contribution in [0.2, 0.25) is 0 Å². The fraction of sp³-hybridized carbons (Fsp3) is 0.769. The normalized spacial score (nSPS) is 24.9. The van der Waals surface area contributed by atoms with Crippen molar-refractivity contribution >= 4 is 5.91 Å². The highest BCUT2D eigenvalue weighted by Gasteiger charge is 2.32. The van der Waals surface area contributed by atoms with Crippen LogP contribution in [0.3, 0.4) is 0 Å². The molecule has 1 saturated heterocycles. The molecular formula is C13H21N5O2. The molecule has 2 aliphatic rings. The topological polar surface area (TPSA) is 86.3 Å². The van der Waals surface area contributed by atoms with Gasteiger partial charge in [-0.2, -0.15) is 0 Å². The average molecular weight is 279 g/mol. The summed E-state index contributed by atoms with van der Waals surface area (Å²) in [4.78, 5) is 14.0. The Balaban J connectivity index is 1.61. The fourth-order valence-corrected chi connectivity index (χ4v) is 2.92. The maximum absolute atomic E-state index is 12.3. The molecular weight excluding hydrogens is 258 g/mol. The Bertz CT molecular complexity index is 501. The van der Waals surface area contributed by atoms with E-state index in [1.807, 2.05) is 0 Å². The molecule has 0 aromatic carbocycles. The number of ether oxygens (including phenoxy) is 1. The first-order valence-corrected chi connectivity index (χ1v) is 7.20. The quantitative estimate of drug-likeness (QED) is 0.817. The van der Waals surface area contributed by atoms with Crippen LogP contribution in [0.15, 0.2) is 0 Å². The molecule has 20 heavy (non-hydrogen) atoms. The lowest BCUT2D eigenvalue weighted by Gasteiger charge is -2.21. The molecule has 1 aromatic heterocycles. The third kappa shape index (κ3) is 2.43. The van der Waals surface area contributed by atoms with Crippen LogP contribution in [0.5, 0.6) is 0 Å². The number of aromatic nitrogens is 3. The number of aryl methyl sites for hydroxylation is 1. The predicted octanol–water partition coefficient (Wildman–Crippen LogP) is -0.311. The van der Waals surface area contributed by atoms with Gasteiger partial charge in [-0.3, -0.25) is 4.79 Å². The molecule has 2 aliphatic heterocycles. The van der Waals surface area contributed by atoms with Crippen molar-refractivity contribution in [2.24, 2.45) is 5.73 Å². The molecule has 0 spiro atoms. The largest absolute Gasteiger partial charge is 0.364 e. The molecule has 1 fully saturated rings. The van der Waals surface area contributed by atoms with Crippen molar-refractivity contribution in [1.29, 1.82) is 0 Å². The van der Waals surface area contributed by atoms with Crippen LogP contribution >= 0.6 is 0 Å². The van der Waals surface area contributed by atoms with Crippen LogP contribution < -0.4 is 5.73 Å². The van der Waals surface area contributed by atoms with Crippen molar-refractivity contribution in [3.05, 3.63) is 11.6 Å². The van der Waals surface area contributed by atoms with Crippen LogP contribution in [0.25, 0.3) is 0 Å². The van der Waals surface area contributed by atoms with Gasteiger partial charge < -0.3 is 19.9 Å². The van der Waals surface area contributed by atoms with E-state index >= 15 is 0 Å². The van der Waals surface area contributed by atoms with Crippen LogP contribution in [0.4, 0.5) is 0 Å². The van der Waals surface area contributed by atoms with Gasteiger partial charge in [0.15, 0.2) is 5.82 Å². The summed E-state index contributed by atoms with van der Waals surface area (Å²) in [5.74, 6) is 1.90. The molecule has 7 nitrogen and oxygen atoms in total. The Kier molecular flexibility index (Phi) is 3.71. The highest BCUT2D eigenvalue weighted by Crippen LogP contribution is 2.21. The van der Waals surface area contributed by atoms with Crippen molar-refractivity contribution in [1.82, 2.24) is 19.7 Å². The van der Waals surface area contributed by atoms with Gasteiger partial charge in [0.1, 0.15) is 11.9 Å². The first kappa shape index (κ1) is 13.5. The van der Waals surface area contributed by atoms with Crippen molar-refractivity contribution in [2.75, 3.05) is 13.6 Å². The van der Waals surface area contributed by atoms with Gasteiger partial charge in [-0.05, 0) is 19.3 Å². The molecule has 2 N–H and O–H groups in total. The van der Waals surface area contributed by atoms with Crippen LogP contribution in [-0.4, -0.2) is 51.4 Å². The Morgan fingerprint density at radius 2 is 2.35 bits per heavy atom. The second-order valence-corrected chi connectivity index (χ2v) is 5.54. The minimum Gasteiger partial charge on any atom is -0.364 e. The molecule has 3 rings (SSSR count). The maximum Gasteiger partial charge on any atom is 0.251 e. The number of amides is 1. The van der Waals surface area contributed by atoms with Gasteiger partial charge in [0.25, 0.3) is 5.91 Å². The lowest BCUT2D eigenvalue weighted by molar-refractivity contribution is -0.142. The summed E-state index contributed by atoms with van der Waals surface area (Å²) < 4.78 is 7.76. The predicted molar refractivity (Wildman–Crippen MR) is 71.8 cm³/mol. The molecule has 2 atom stereocenters. The Labute approximate surface area is 118 Å². The lowest BCUT2D eigenvalue weighted by atomic mass is 10.2. The summed E-state index contributed by atoms with van der Waals surface area (Å²) in [5.41, 5.74) is 5.57. The number of fused-ring (bicyclic) bond motifs is 1. The number of nitrogens with zero attached hydrogens (tertiary/aromatic N) is 4. The third-order valence-corrected chi connectivity index (χ3v) is 4.09. The van der Waals surface area contributed by atoms with E-state index in [0.717, 1.165) is 43.9 Å². The zero-order chi connectivity index (χ0) is 14.1. The number of hydrogen-bond acceptors (Lipinski definition) is 5. The minimum atomic E-state index is -0.352. The van der Waals surface area contributed by atoms with Crippen molar-refractivity contribution in [3.8, 4) is 0 Å². The molecule has 0 aliphatic carbocycles. The first-order chi connectivity index (χ1) is 9.69. The van der Waals surface area contributed by atoms with Crippen molar-refractivity contribution < 1.29 is 9.53 Å². The van der Waals surface area contributed by atoms with Gasteiger partial charge >= 0.3 is 0 Å². The van der Waals surface area contributed by atoms with Crippen LogP contribution in [0, 0.1) is 0 Å². The van der Waals surface area contributed by atoms with E-state index in [9.17, 15) is 4.79 Å². The van der Waals surface area contributed by atoms with Gasteiger partial charge in [-0.1, -0.05) is 0 Å². The molecule has 2 unspecified atom stereocenters. The third-order valence-electron chi connectivity index (χ3n) is 4.09. The standard InChI is InChI=1S/C13H21N5O2/c1-17(13(19)10-5-4-9(7-14)20-10)8-12-16-15-11-3-2-6-18(11)12/h9-10H,2-8,14H2,1H3. The molecule has 1 amide bonds. The number of hydrogen-bond donors (Lipinski definition) is 1. The van der Waals surface area contributed by atoms with E-state index in [1.54, 1.807) is 11.9 Å². The summed E-state index contributed by atoms with van der Waals surface area (Å²) >= 11 is 0. The van der Waals surface area contributed by atoms with Crippen molar-refractivity contribution in [2.45, 2.75) is 51.0 Å². The number of carbonyl (C=O) groups is 1. The van der Waals surface area contributed by atoms with E-state index in [2.05, 4.69) is 14.8 Å². The molecule has 3 heterocycles. The first-order valence-electron chi connectivity index (χ1n) is 7.20. The van der Waals surface area contributed by atoms with Crippen molar-refractivity contribution in [3.63, 3.8) is 0 Å². The van der Waals surface area contributed by atoms with Gasteiger partial charge in [-0.25, -0.2) is 0 Å². The highest BCUT2D eigenvalue weighted by atomic mass is 16.5. The van der Waals surface area contributed by atoms with E-state index in [4.69, 9.17) is 10.5 Å². The molecule has 0 bridgehead atoms. The minimum absolute atomic E-state index is 0.0105. The number of carbonyl (C=O) groups excluding carboxylic acids is 1. The lowest BCUT2D eigenvalue weighted by Crippen LogP contribution is -2.37. The van der Waals surface area contributed by atoms with Gasteiger partial charge in [0.05, 0.1) is 12.6 Å². The monoisotopic (exact) mass is 279 g/mol. The molecule has 0 radical (unpaired) electrons. The smallest absolute Gasteiger partial charge is 0.251 e. The summed E-state index contributed by atoms with van der Waals surface area (Å²) in [6, 6.07) is 0. The molecule has 1 aromatic rings. The van der Waals surface area contributed by atoms with E-state index < -0.39 is 0 Å². The zero-order valence-electron chi connectivity index (χ0n) is 11.8. The van der Waals surface area contributed by atoms with Crippen LogP contribution in [-0.2, 0) is 29.0 Å². The van der Waals surface area contributed by atoms with E-state index in [0.29, 0.717) is 13.1 Å². The van der Waals surface area contributed by atoms with Gasteiger partial charge in [0.2, 0.25) is 0 Å². The summed E-state index contributed by atoms with van der Waals surface area (Å²) in [6.45, 7) is 1.92. The second kappa shape index (κ2) is 5.49. The fourth-order valence-electron chi connectivity index (χ4n) is 2.92. The maximum atomic E-state index is 12.3. The Morgan fingerprint density at radius 3 is 3.10 bits per heavy atom.